The van der Waals surface area contributed by atoms with E-state index in [4.69, 9.17) is 4.98 Å². The largest absolute Gasteiger partial charge is 0.352 e. The van der Waals surface area contributed by atoms with Gasteiger partial charge in [-0.1, -0.05) is 32.9 Å². The van der Waals surface area contributed by atoms with Crippen molar-refractivity contribution in [1.29, 1.82) is 0 Å². The summed E-state index contributed by atoms with van der Waals surface area (Å²) in [6.07, 6.45) is 1.27. The number of aromatic nitrogens is 3. The number of imidazole rings is 1. The summed E-state index contributed by atoms with van der Waals surface area (Å²) in [5, 5.41) is 0. The Hall–Kier alpha value is -2.43. The quantitative estimate of drug-likeness (QED) is 0.716. The molecule has 0 saturated carbocycles. The fourth-order valence-electron chi connectivity index (χ4n) is 3.30. The summed E-state index contributed by atoms with van der Waals surface area (Å²) in [5.41, 5.74) is 2.20. The van der Waals surface area contributed by atoms with Crippen LogP contribution >= 0.6 is 0 Å². The molecular weight excluding hydrogens is 303 g/mol. The fraction of sp³-hybridized carbons (Fsp3) is 0.368. The van der Waals surface area contributed by atoms with Crippen LogP contribution < -0.4 is 4.90 Å². The topological polar surface area (TPSA) is 34.0 Å². The third-order valence-corrected chi connectivity index (χ3v) is 4.53. The molecular formula is C19H21FN4. The van der Waals surface area contributed by atoms with E-state index in [0.29, 0.717) is 6.04 Å². The summed E-state index contributed by atoms with van der Waals surface area (Å²) in [6, 6.07) is 11.9. The lowest BCUT2D eigenvalue weighted by molar-refractivity contribution is 0.371. The Bertz CT molecular complexity index is 871. The molecule has 4 nitrogen and oxygen atoms in total. The standard InChI is InChI=1S/C19H21FN4/c1-19(2,3)18-22-15-6-4-5-7-16(15)24(18)14-11-23(12-14)17-9-8-13(20)10-21-17/h4-10,14H,11-12H2,1-3H3. The van der Waals surface area contributed by atoms with E-state index in [0.717, 1.165) is 30.2 Å². The Morgan fingerprint density at radius 3 is 2.50 bits per heavy atom. The van der Waals surface area contributed by atoms with Gasteiger partial charge < -0.3 is 9.47 Å². The average molecular weight is 324 g/mol. The number of hydrogen-bond acceptors (Lipinski definition) is 3. The van der Waals surface area contributed by atoms with E-state index < -0.39 is 0 Å². The second kappa shape index (κ2) is 5.30. The van der Waals surface area contributed by atoms with Crippen LogP contribution in [0.3, 0.4) is 0 Å². The molecule has 0 radical (unpaired) electrons. The van der Waals surface area contributed by atoms with E-state index in [1.165, 1.54) is 17.8 Å². The molecule has 0 spiro atoms. The molecule has 3 heterocycles. The predicted molar refractivity (Wildman–Crippen MR) is 93.9 cm³/mol. The first-order chi connectivity index (χ1) is 11.4. The van der Waals surface area contributed by atoms with Crippen molar-refractivity contribution in [2.45, 2.75) is 32.2 Å². The van der Waals surface area contributed by atoms with Crippen molar-refractivity contribution in [3.05, 3.63) is 54.2 Å². The van der Waals surface area contributed by atoms with Gasteiger partial charge in [0, 0.05) is 18.5 Å². The van der Waals surface area contributed by atoms with Crippen LogP contribution in [0.15, 0.2) is 42.6 Å². The number of para-hydroxylation sites is 2. The van der Waals surface area contributed by atoms with Crippen molar-refractivity contribution < 1.29 is 4.39 Å². The molecule has 124 valence electrons. The van der Waals surface area contributed by atoms with Crippen LogP contribution in [-0.4, -0.2) is 27.6 Å². The number of benzene rings is 1. The van der Waals surface area contributed by atoms with Crippen LogP contribution in [-0.2, 0) is 5.41 Å². The van der Waals surface area contributed by atoms with E-state index in [9.17, 15) is 4.39 Å². The number of nitrogens with zero attached hydrogens (tertiary/aromatic N) is 4. The molecule has 1 saturated heterocycles. The molecule has 5 heteroatoms. The van der Waals surface area contributed by atoms with Gasteiger partial charge >= 0.3 is 0 Å². The van der Waals surface area contributed by atoms with Gasteiger partial charge in [-0.15, -0.1) is 0 Å². The molecule has 3 aromatic rings. The molecule has 1 aromatic carbocycles. The van der Waals surface area contributed by atoms with Gasteiger partial charge in [0.05, 0.1) is 23.3 Å². The first-order valence-electron chi connectivity index (χ1n) is 8.27. The third kappa shape index (κ3) is 2.44. The third-order valence-electron chi connectivity index (χ3n) is 4.53. The van der Waals surface area contributed by atoms with Gasteiger partial charge in [-0.3, -0.25) is 0 Å². The first kappa shape index (κ1) is 15.1. The highest BCUT2D eigenvalue weighted by molar-refractivity contribution is 5.76. The van der Waals surface area contributed by atoms with Crippen molar-refractivity contribution >= 4 is 16.9 Å². The van der Waals surface area contributed by atoms with Gasteiger partial charge in [0.1, 0.15) is 17.5 Å². The molecule has 0 amide bonds. The molecule has 2 aromatic heterocycles. The van der Waals surface area contributed by atoms with E-state index >= 15 is 0 Å². The van der Waals surface area contributed by atoms with Crippen LogP contribution in [0.25, 0.3) is 11.0 Å². The molecule has 4 rings (SSSR count). The molecule has 1 fully saturated rings. The van der Waals surface area contributed by atoms with Gasteiger partial charge in [-0.25, -0.2) is 14.4 Å². The van der Waals surface area contributed by atoms with Crippen LogP contribution in [0.2, 0.25) is 0 Å². The van der Waals surface area contributed by atoms with E-state index in [-0.39, 0.29) is 11.2 Å². The highest BCUT2D eigenvalue weighted by Crippen LogP contribution is 2.34. The molecule has 1 aliphatic heterocycles. The van der Waals surface area contributed by atoms with Gasteiger partial charge in [-0.2, -0.15) is 0 Å². The van der Waals surface area contributed by atoms with Gasteiger partial charge in [0.25, 0.3) is 0 Å². The molecule has 24 heavy (non-hydrogen) atoms. The number of rotatable bonds is 2. The molecule has 0 atom stereocenters. The normalized spacial score (nSPS) is 15.8. The van der Waals surface area contributed by atoms with E-state index in [2.05, 4.69) is 53.4 Å². The Labute approximate surface area is 141 Å². The smallest absolute Gasteiger partial charge is 0.141 e. The molecule has 0 unspecified atom stereocenters. The Morgan fingerprint density at radius 1 is 1.08 bits per heavy atom. The van der Waals surface area contributed by atoms with Crippen LogP contribution in [0.4, 0.5) is 10.2 Å². The van der Waals surface area contributed by atoms with E-state index in [1.807, 2.05) is 6.07 Å². The zero-order valence-corrected chi connectivity index (χ0v) is 14.2. The lowest BCUT2D eigenvalue weighted by Crippen LogP contribution is -2.49. The Kier molecular flexibility index (Phi) is 3.34. The average Bonchev–Trinajstić information content (AvgIpc) is 2.88. The summed E-state index contributed by atoms with van der Waals surface area (Å²) in [4.78, 5) is 11.2. The lowest BCUT2D eigenvalue weighted by atomic mass is 9.94. The monoisotopic (exact) mass is 324 g/mol. The number of hydrogen-bond donors (Lipinski definition) is 0. The van der Waals surface area contributed by atoms with E-state index in [1.54, 1.807) is 6.07 Å². The summed E-state index contributed by atoms with van der Waals surface area (Å²) in [5.74, 6) is 1.64. The minimum atomic E-state index is -0.300. The van der Waals surface area contributed by atoms with Crippen LogP contribution in [0.1, 0.15) is 32.6 Å². The molecule has 0 aliphatic carbocycles. The number of fused-ring (bicyclic) bond motifs is 1. The van der Waals surface area contributed by atoms with Gasteiger partial charge in [0.2, 0.25) is 0 Å². The minimum Gasteiger partial charge on any atom is -0.352 e. The Morgan fingerprint density at radius 2 is 1.83 bits per heavy atom. The Balaban J connectivity index is 1.67. The molecule has 0 N–H and O–H groups in total. The maximum atomic E-state index is 13.0. The number of pyridine rings is 1. The maximum Gasteiger partial charge on any atom is 0.141 e. The second-order valence-electron chi connectivity index (χ2n) is 7.44. The van der Waals surface area contributed by atoms with Gasteiger partial charge in [-0.05, 0) is 24.3 Å². The lowest BCUT2D eigenvalue weighted by Gasteiger charge is -2.42. The van der Waals surface area contributed by atoms with Crippen molar-refractivity contribution in [3.63, 3.8) is 0 Å². The zero-order valence-electron chi connectivity index (χ0n) is 14.2. The van der Waals surface area contributed by atoms with Crippen molar-refractivity contribution in [2.24, 2.45) is 0 Å². The molecule has 1 aliphatic rings. The summed E-state index contributed by atoms with van der Waals surface area (Å²) >= 11 is 0. The molecule has 0 bridgehead atoms. The summed E-state index contributed by atoms with van der Waals surface area (Å²) in [6.45, 7) is 8.32. The highest BCUT2D eigenvalue weighted by atomic mass is 19.1. The fourth-order valence-corrected chi connectivity index (χ4v) is 3.30. The predicted octanol–water partition coefficient (Wildman–Crippen LogP) is 3.93. The van der Waals surface area contributed by atoms with Crippen LogP contribution in [0, 0.1) is 5.82 Å². The van der Waals surface area contributed by atoms with Crippen molar-refractivity contribution in [3.8, 4) is 0 Å². The minimum absolute atomic E-state index is 0.0203. The zero-order chi connectivity index (χ0) is 16.9. The summed E-state index contributed by atoms with van der Waals surface area (Å²) < 4.78 is 15.4. The summed E-state index contributed by atoms with van der Waals surface area (Å²) in [7, 11) is 0. The number of halogens is 1. The first-order valence-corrected chi connectivity index (χ1v) is 8.27. The van der Waals surface area contributed by atoms with Crippen LogP contribution in [0.5, 0.6) is 0 Å². The van der Waals surface area contributed by atoms with Crippen molar-refractivity contribution in [2.75, 3.05) is 18.0 Å². The highest BCUT2D eigenvalue weighted by Gasteiger charge is 2.34. The second-order valence-corrected chi connectivity index (χ2v) is 7.44. The maximum absolute atomic E-state index is 13.0. The number of anilines is 1. The van der Waals surface area contributed by atoms with Crippen molar-refractivity contribution in [1.82, 2.24) is 14.5 Å². The van der Waals surface area contributed by atoms with Gasteiger partial charge in [0.15, 0.2) is 0 Å². The SMILES string of the molecule is CC(C)(C)c1nc2ccccc2n1C1CN(c2ccc(F)cn2)C1.